The van der Waals surface area contributed by atoms with Crippen LogP contribution in [0.5, 0.6) is 0 Å². The molecule has 3 amide bonds. The van der Waals surface area contributed by atoms with Gasteiger partial charge in [0, 0.05) is 13.0 Å². The first kappa shape index (κ1) is 18.4. The van der Waals surface area contributed by atoms with Crippen LogP contribution in [0.3, 0.4) is 0 Å². The molecule has 2 aliphatic rings. The van der Waals surface area contributed by atoms with Gasteiger partial charge in [-0.3, -0.25) is 19.3 Å². The first-order chi connectivity index (χ1) is 13.6. The number of benzene rings is 2. The average Bonchev–Trinajstić information content (AvgIpc) is 3.34. The minimum absolute atomic E-state index is 0.0154. The van der Waals surface area contributed by atoms with Crippen LogP contribution in [0.4, 0.5) is 0 Å². The van der Waals surface area contributed by atoms with E-state index < -0.39 is 0 Å². The van der Waals surface area contributed by atoms with E-state index in [4.69, 9.17) is 0 Å². The normalized spacial score (nSPS) is 17.6. The molecule has 0 radical (unpaired) electrons. The molecule has 1 N–H and O–H groups in total. The first-order valence-corrected chi connectivity index (χ1v) is 9.94. The summed E-state index contributed by atoms with van der Waals surface area (Å²) in [5.41, 5.74) is 1.95. The van der Waals surface area contributed by atoms with Gasteiger partial charge in [-0.15, -0.1) is 0 Å². The monoisotopic (exact) mass is 376 g/mol. The fourth-order valence-corrected chi connectivity index (χ4v) is 4.33. The fraction of sp³-hybridized carbons (Fsp3) is 0.348. The van der Waals surface area contributed by atoms with Crippen LogP contribution in [0.15, 0.2) is 54.6 Å². The largest absolute Gasteiger partial charge is 0.349 e. The van der Waals surface area contributed by atoms with Crippen LogP contribution in [0.1, 0.15) is 64.4 Å². The summed E-state index contributed by atoms with van der Waals surface area (Å²) < 4.78 is 0. The molecule has 5 nitrogen and oxygen atoms in total. The third-order valence-corrected chi connectivity index (χ3v) is 5.79. The molecule has 0 spiro atoms. The van der Waals surface area contributed by atoms with Gasteiger partial charge in [0.15, 0.2) is 0 Å². The lowest BCUT2D eigenvalue weighted by Crippen LogP contribution is -2.37. The van der Waals surface area contributed by atoms with Crippen molar-refractivity contribution in [1.29, 1.82) is 0 Å². The van der Waals surface area contributed by atoms with Gasteiger partial charge >= 0.3 is 0 Å². The number of nitrogens with one attached hydrogen (secondary N) is 1. The van der Waals surface area contributed by atoms with Gasteiger partial charge in [0.25, 0.3) is 11.8 Å². The van der Waals surface area contributed by atoms with Crippen LogP contribution in [0, 0.1) is 5.92 Å². The first-order valence-electron chi connectivity index (χ1n) is 9.94. The Kier molecular flexibility index (Phi) is 5.24. The summed E-state index contributed by atoms with van der Waals surface area (Å²) in [7, 11) is 0. The quantitative estimate of drug-likeness (QED) is 0.782. The lowest BCUT2D eigenvalue weighted by Gasteiger charge is -2.25. The van der Waals surface area contributed by atoms with E-state index in [0.717, 1.165) is 18.4 Å². The van der Waals surface area contributed by atoms with Crippen molar-refractivity contribution in [3.05, 3.63) is 71.3 Å². The molecular formula is C23H24N2O3. The Bertz CT molecular complexity index is 853. The molecule has 1 aliphatic carbocycles. The molecule has 2 aromatic carbocycles. The van der Waals surface area contributed by atoms with Crippen molar-refractivity contribution in [2.24, 2.45) is 5.92 Å². The van der Waals surface area contributed by atoms with Gasteiger partial charge < -0.3 is 5.32 Å². The third-order valence-electron chi connectivity index (χ3n) is 5.79. The van der Waals surface area contributed by atoms with E-state index in [2.05, 4.69) is 5.32 Å². The molecule has 0 aromatic heterocycles. The molecule has 1 heterocycles. The van der Waals surface area contributed by atoms with Crippen LogP contribution in [0.2, 0.25) is 0 Å². The Hall–Kier alpha value is -2.95. The smallest absolute Gasteiger partial charge is 0.261 e. The van der Waals surface area contributed by atoms with E-state index in [1.165, 1.54) is 17.7 Å². The van der Waals surface area contributed by atoms with E-state index in [1.54, 1.807) is 24.3 Å². The predicted octanol–water partition coefficient (Wildman–Crippen LogP) is 3.72. The van der Waals surface area contributed by atoms with Crippen LogP contribution in [-0.2, 0) is 4.79 Å². The van der Waals surface area contributed by atoms with Crippen molar-refractivity contribution >= 4 is 17.7 Å². The molecule has 0 unspecified atom stereocenters. The highest BCUT2D eigenvalue weighted by Crippen LogP contribution is 2.35. The maximum Gasteiger partial charge on any atom is 0.261 e. The predicted molar refractivity (Wildman–Crippen MR) is 106 cm³/mol. The zero-order valence-electron chi connectivity index (χ0n) is 15.8. The summed E-state index contributed by atoms with van der Waals surface area (Å²) in [4.78, 5) is 38.7. The molecule has 0 saturated heterocycles. The number of imide groups is 1. The molecule has 5 heteroatoms. The van der Waals surface area contributed by atoms with Crippen LogP contribution >= 0.6 is 0 Å². The Morgan fingerprint density at radius 3 is 2.11 bits per heavy atom. The molecule has 0 bridgehead atoms. The Balaban J connectivity index is 1.41. The van der Waals surface area contributed by atoms with Crippen LogP contribution in [0.25, 0.3) is 0 Å². The molecule has 1 atom stereocenters. The van der Waals surface area contributed by atoms with E-state index in [9.17, 15) is 14.4 Å². The van der Waals surface area contributed by atoms with Crippen molar-refractivity contribution in [3.63, 3.8) is 0 Å². The number of nitrogens with zero attached hydrogens (tertiary/aromatic N) is 1. The summed E-state index contributed by atoms with van der Waals surface area (Å²) in [5, 5.41) is 3.16. The lowest BCUT2D eigenvalue weighted by molar-refractivity contribution is -0.122. The highest BCUT2D eigenvalue weighted by Gasteiger charge is 2.35. The van der Waals surface area contributed by atoms with Gasteiger partial charge in [-0.1, -0.05) is 55.3 Å². The minimum atomic E-state index is -0.316. The van der Waals surface area contributed by atoms with Gasteiger partial charge in [-0.05, 0) is 36.5 Å². The molecular weight excluding hydrogens is 352 g/mol. The maximum absolute atomic E-state index is 12.7. The summed E-state index contributed by atoms with van der Waals surface area (Å²) in [6.45, 7) is 0.102. The number of rotatable bonds is 6. The molecule has 1 saturated carbocycles. The highest BCUT2D eigenvalue weighted by molar-refractivity contribution is 6.21. The van der Waals surface area contributed by atoms with Gasteiger partial charge in [0.1, 0.15) is 0 Å². The topological polar surface area (TPSA) is 66.5 Å². The van der Waals surface area contributed by atoms with Crippen molar-refractivity contribution in [2.75, 3.05) is 6.54 Å². The summed E-state index contributed by atoms with van der Waals surface area (Å²) >= 11 is 0. The maximum atomic E-state index is 12.7. The second-order valence-corrected chi connectivity index (χ2v) is 7.56. The summed E-state index contributed by atoms with van der Waals surface area (Å²) in [5.74, 6) is -0.324. The molecule has 2 aromatic rings. The molecule has 144 valence electrons. The molecule has 4 rings (SSSR count). The number of hydrogen-bond donors (Lipinski definition) is 1. The van der Waals surface area contributed by atoms with Crippen molar-refractivity contribution < 1.29 is 14.4 Å². The standard InChI is InChI=1S/C23H24N2O3/c26-20(14-15-25-22(27)18-12-6-7-13-19(18)23(25)28)24-21(17-10-4-5-11-17)16-8-2-1-3-9-16/h1-3,6-9,12-13,17,21H,4-5,10-11,14-15H2,(H,24,26)/t21-/m1/s1. The number of amides is 3. The van der Waals surface area contributed by atoms with Crippen molar-refractivity contribution in [3.8, 4) is 0 Å². The van der Waals surface area contributed by atoms with Gasteiger partial charge in [-0.25, -0.2) is 0 Å². The third kappa shape index (κ3) is 3.57. The van der Waals surface area contributed by atoms with Gasteiger partial charge in [-0.2, -0.15) is 0 Å². The minimum Gasteiger partial charge on any atom is -0.349 e. The van der Waals surface area contributed by atoms with Crippen molar-refractivity contribution in [2.45, 2.75) is 38.1 Å². The highest BCUT2D eigenvalue weighted by atomic mass is 16.2. The number of carbonyl (C=O) groups is 3. The zero-order valence-corrected chi connectivity index (χ0v) is 15.8. The SMILES string of the molecule is O=C(CCN1C(=O)c2ccccc2C1=O)N[C@H](c1ccccc1)C1CCCC1. The van der Waals surface area contributed by atoms with Crippen LogP contribution in [-0.4, -0.2) is 29.2 Å². The summed E-state index contributed by atoms with van der Waals surface area (Å²) in [6, 6.07) is 16.8. The number of hydrogen-bond acceptors (Lipinski definition) is 3. The van der Waals surface area contributed by atoms with E-state index in [0.29, 0.717) is 17.0 Å². The summed E-state index contributed by atoms with van der Waals surface area (Å²) in [6.07, 6.45) is 4.72. The lowest BCUT2D eigenvalue weighted by atomic mass is 9.91. The fourth-order valence-electron chi connectivity index (χ4n) is 4.33. The second-order valence-electron chi connectivity index (χ2n) is 7.56. The molecule has 1 aliphatic heterocycles. The molecule has 1 fully saturated rings. The van der Waals surface area contributed by atoms with E-state index in [1.807, 2.05) is 30.3 Å². The average molecular weight is 376 g/mol. The van der Waals surface area contributed by atoms with Crippen LogP contribution < -0.4 is 5.32 Å². The molecule has 28 heavy (non-hydrogen) atoms. The Morgan fingerprint density at radius 2 is 1.50 bits per heavy atom. The van der Waals surface area contributed by atoms with Gasteiger partial charge in [0.2, 0.25) is 5.91 Å². The Labute approximate surface area is 164 Å². The number of fused-ring (bicyclic) bond motifs is 1. The van der Waals surface area contributed by atoms with Gasteiger partial charge in [0.05, 0.1) is 17.2 Å². The van der Waals surface area contributed by atoms with Crippen molar-refractivity contribution in [1.82, 2.24) is 10.2 Å². The second kappa shape index (κ2) is 7.97. The number of carbonyl (C=O) groups excluding carboxylic acids is 3. The zero-order chi connectivity index (χ0) is 19.5. The van der Waals surface area contributed by atoms with E-state index in [-0.39, 0.29) is 36.7 Å². The Morgan fingerprint density at radius 1 is 0.929 bits per heavy atom. The van der Waals surface area contributed by atoms with E-state index >= 15 is 0 Å².